The van der Waals surface area contributed by atoms with Crippen LogP contribution in [-0.4, -0.2) is 31.4 Å². The first-order chi connectivity index (χ1) is 15.0. The topological polar surface area (TPSA) is 103 Å². The number of benzene rings is 2. The number of amides is 1. The van der Waals surface area contributed by atoms with Gasteiger partial charge in [-0.05, 0) is 31.2 Å². The molecule has 0 radical (unpaired) electrons. The van der Waals surface area contributed by atoms with Gasteiger partial charge in [-0.2, -0.15) is 4.98 Å². The molecule has 0 saturated heterocycles. The molecule has 156 valence electrons. The van der Waals surface area contributed by atoms with Crippen LogP contribution in [-0.2, 0) is 18.3 Å². The molecule has 4 rings (SSSR count). The van der Waals surface area contributed by atoms with Gasteiger partial charge in [-0.25, -0.2) is 4.98 Å². The summed E-state index contributed by atoms with van der Waals surface area (Å²) >= 11 is 0. The molecule has 4 aromatic rings. The van der Waals surface area contributed by atoms with Gasteiger partial charge in [0, 0.05) is 49.1 Å². The Labute approximate surface area is 178 Å². The summed E-state index contributed by atoms with van der Waals surface area (Å²) in [5.41, 5.74) is 3.12. The maximum atomic E-state index is 12.4. The zero-order chi connectivity index (χ0) is 21.8. The van der Waals surface area contributed by atoms with Crippen LogP contribution in [0.5, 0.6) is 0 Å². The Kier molecular flexibility index (Phi) is 5.70. The molecule has 0 aliphatic carbocycles. The summed E-state index contributed by atoms with van der Waals surface area (Å²) in [6.07, 6.45) is 3.83. The van der Waals surface area contributed by atoms with Crippen molar-refractivity contribution in [2.24, 2.45) is 7.05 Å². The predicted octanol–water partition coefficient (Wildman–Crippen LogP) is 3.58. The molecule has 0 saturated carbocycles. The molecule has 8 nitrogen and oxygen atoms in total. The first-order valence-corrected chi connectivity index (χ1v) is 9.81. The largest absolute Gasteiger partial charge is 0.339 e. The molecule has 0 spiro atoms. The molecule has 0 fully saturated rings. The number of hydrogen-bond acceptors (Lipinski definition) is 6. The minimum Gasteiger partial charge on any atom is -0.339 e. The molecule has 1 amide bonds. The van der Waals surface area contributed by atoms with Crippen LogP contribution in [0.4, 0.5) is 5.69 Å². The number of ketones is 1. The van der Waals surface area contributed by atoms with Crippen molar-refractivity contribution in [3.63, 3.8) is 0 Å². The monoisotopic (exact) mass is 415 g/mol. The van der Waals surface area contributed by atoms with E-state index in [1.807, 2.05) is 31.2 Å². The summed E-state index contributed by atoms with van der Waals surface area (Å²) in [6.45, 7) is 2.01. The van der Waals surface area contributed by atoms with Gasteiger partial charge in [0.25, 0.3) is 0 Å². The predicted molar refractivity (Wildman–Crippen MR) is 115 cm³/mol. The fourth-order valence-electron chi connectivity index (χ4n) is 3.04. The summed E-state index contributed by atoms with van der Waals surface area (Å²) in [7, 11) is 1.77. The highest BCUT2D eigenvalue weighted by Gasteiger charge is 2.14. The van der Waals surface area contributed by atoms with Gasteiger partial charge in [-0.15, -0.1) is 0 Å². The van der Waals surface area contributed by atoms with Crippen molar-refractivity contribution in [1.82, 2.24) is 19.7 Å². The number of anilines is 1. The molecule has 31 heavy (non-hydrogen) atoms. The number of carbonyl (C=O) groups excluding carboxylic acids is 2. The van der Waals surface area contributed by atoms with E-state index in [4.69, 9.17) is 4.52 Å². The zero-order valence-corrected chi connectivity index (χ0v) is 17.2. The van der Waals surface area contributed by atoms with Crippen LogP contribution in [0.1, 0.15) is 34.1 Å². The molecule has 2 heterocycles. The highest BCUT2D eigenvalue weighted by molar-refractivity contribution is 6.07. The van der Waals surface area contributed by atoms with E-state index in [-0.39, 0.29) is 18.1 Å². The molecule has 8 heteroatoms. The molecule has 0 atom stereocenters. The Morgan fingerprint density at radius 2 is 1.81 bits per heavy atom. The van der Waals surface area contributed by atoms with E-state index < -0.39 is 0 Å². The van der Waals surface area contributed by atoms with E-state index >= 15 is 0 Å². The summed E-state index contributed by atoms with van der Waals surface area (Å²) in [6, 6.07) is 14.5. The van der Waals surface area contributed by atoms with Crippen molar-refractivity contribution in [3.8, 4) is 11.4 Å². The number of aryl methyl sites for hydroxylation is 3. The quantitative estimate of drug-likeness (QED) is 0.463. The van der Waals surface area contributed by atoms with Gasteiger partial charge in [-0.1, -0.05) is 35.0 Å². The van der Waals surface area contributed by atoms with E-state index in [1.54, 1.807) is 48.3 Å². The lowest BCUT2D eigenvalue weighted by Gasteiger charge is -2.06. The summed E-state index contributed by atoms with van der Waals surface area (Å²) < 4.78 is 6.92. The highest BCUT2D eigenvalue weighted by atomic mass is 16.5. The number of carbonyl (C=O) groups is 2. The van der Waals surface area contributed by atoms with Crippen LogP contribution in [0.25, 0.3) is 11.4 Å². The van der Waals surface area contributed by atoms with Crippen molar-refractivity contribution in [1.29, 1.82) is 0 Å². The van der Waals surface area contributed by atoms with E-state index in [1.165, 1.54) is 0 Å². The SMILES string of the molecule is Cc1ccc(-c2noc(CCC(=O)Nc3ccc(C(=O)c4nccn4C)cc3)n2)cc1. The average molecular weight is 415 g/mol. The third kappa shape index (κ3) is 4.75. The lowest BCUT2D eigenvalue weighted by Crippen LogP contribution is -2.13. The van der Waals surface area contributed by atoms with Gasteiger partial charge in [-0.3, -0.25) is 9.59 Å². The summed E-state index contributed by atoms with van der Waals surface area (Å²) in [5, 5.41) is 6.78. The normalized spacial score (nSPS) is 10.8. The Balaban J connectivity index is 1.31. The minimum atomic E-state index is -0.182. The van der Waals surface area contributed by atoms with E-state index in [0.29, 0.717) is 35.2 Å². The Hall–Kier alpha value is -4.07. The molecule has 0 bridgehead atoms. The van der Waals surface area contributed by atoms with Crippen LogP contribution in [0, 0.1) is 6.92 Å². The van der Waals surface area contributed by atoms with Crippen molar-refractivity contribution in [2.45, 2.75) is 19.8 Å². The maximum absolute atomic E-state index is 12.4. The van der Waals surface area contributed by atoms with Gasteiger partial charge >= 0.3 is 0 Å². The third-order valence-electron chi connectivity index (χ3n) is 4.80. The standard InChI is InChI=1S/C23H21N5O3/c1-15-3-5-17(6-4-15)22-26-20(31-27-22)12-11-19(29)25-18-9-7-16(8-10-18)21(30)23-24-13-14-28(23)2/h3-10,13-14H,11-12H2,1-2H3,(H,25,29). The smallest absolute Gasteiger partial charge is 0.228 e. The number of nitrogens with one attached hydrogen (secondary N) is 1. The van der Waals surface area contributed by atoms with Gasteiger partial charge < -0.3 is 14.4 Å². The van der Waals surface area contributed by atoms with E-state index in [2.05, 4.69) is 20.4 Å². The number of nitrogens with zero attached hydrogens (tertiary/aromatic N) is 4. The molecular formula is C23H21N5O3. The summed E-state index contributed by atoms with van der Waals surface area (Å²) in [4.78, 5) is 33.1. The lowest BCUT2D eigenvalue weighted by molar-refractivity contribution is -0.116. The van der Waals surface area contributed by atoms with Crippen LogP contribution in [0.15, 0.2) is 65.4 Å². The first-order valence-electron chi connectivity index (χ1n) is 9.81. The summed E-state index contributed by atoms with van der Waals surface area (Å²) in [5.74, 6) is 0.913. The van der Waals surface area contributed by atoms with Crippen molar-refractivity contribution >= 4 is 17.4 Å². The fourth-order valence-corrected chi connectivity index (χ4v) is 3.04. The second-order valence-electron chi connectivity index (χ2n) is 7.19. The maximum Gasteiger partial charge on any atom is 0.228 e. The molecule has 0 aliphatic rings. The number of aromatic nitrogens is 4. The Morgan fingerprint density at radius 3 is 2.48 bits per heavy atom. The number of hydrogen-bond donors (Lipinski definition) is 1. The third-order valence-corrected chi connectivity index (χ3v) is 4.80. The van der Waals surface area contributed by atoms with E-state index in [0.717, 1.165) is 11.1 Å². The van der Waals surface area contributed by atoms with Gasteiger partial charge in [0.15, 0.2) is 5.82 Å². The second-order valence-corrected chi connectivity index (χ2v) is 7.19. The highest BCUT2D eigenvalue weighted by Crippen LogP contribution is 2.17. The van der Waals surface area contributed by atoms with E-state index in [9.17, 15) is 9.59 Å². The van der Waals surface area contributed by atoms with Crippen LogP contribution < -0.4 is 5.32 Å². The fraction of sp³-hybridized carbons (Fsp3) is 0.174. The number of imidazole rings is 1. The molecule has 0 aliphatic heterocycles. The molecule has 1 N–H and O–H groups in total. The van der Waals surface area contributed by atoms with Crippen LogP contribution >= 0.6 is 0 Å². The number of rotatable bonds is 7. The van der Waals surface area contributed by atoms with Crippen molar-refractivity contribution in [3.05, 3.63) is 83.8 Å². The van der Waals surface area contributed by atoms with Crippen molar-refractivity contribution < 1.29 is 14.1 Å². The first kappa shape index (κ1) is 20.2. The molecule has 2 aromatic heterocycles. The second kappa shape index (κ2) is 8.74. The van der Waals surface area contributed by atoms with Crippen LogP contribution in [0.3, 0.4) is 0 Å². The van der Waals surface area contributed by atoms with Crippen molar-refractivity contribution in [2.75, 3.05) is 5.32 Å². The lowest BCUT2D eigenvalue weighted by atomic mass is 10.1. The zero-order valence-electron chi connectivity index (χ0n) is 17.2. The average Bonchev–Trinajstić information content (AvgIpc) is 3.42. The Bertz CT molecular complexity index is 1210. The van der Waals surface area contributed by atoms with Gasteiger partial charge in [0.2, 0.25) is 23.4 Å². The Morgan fingerprint density at radius 1 is 1.06 bits per heavy atom. The van der Waals surface area contributed by atoms with Crippen LogP contribution in [0.2, 0.25) is 0 Å². The molecule has 2 aromatic carbocycles. The molecule has 0 unspecified atom stereocenters. The van der Waals surface area contributed by atoms with Gasteiger partial charge in [0.05, 0.1) is 0 Å². The van der Waals surface area contributed by atoms with Gasteiger partial charge in [0.1, 0.15) is 0 Å². The molecular weight excluding hydrogens is 394 g/mol. The minimum absolute atomic E-state index is 0.175.